The monoisotopic (exact) mass is 936 g/mol. The van der Waals surface area contributed by atoms with Gasteiger partial charge in [-0.25, -0.2) is 14.1 Å². The molecule has 19 heteroatoms. The Labute approximate surface area is 397 Å². The van der Waals surface area contributed by atoms with Crippen molar-refractivity contribution in [3.63, 3.8) is 0 Å². The van der Waals surface area contributed by atoms with E-state index < -0.39 is 41.4 Å². The average molecular weight is 937 g/mol. The largest absolute Gasteiger partial charge is 0.369 e. The van der Waals surface area contributed by atoms with Gasteiger partial charge in [0.2, 0.25) is 5.91 Å². The van der Waals surface area contributed by atoms with Gasteiger partial charge in [-0.15, -0.1) is 0 Å². The van der Waals surface area contributed by atoms with Crippen molar-refractivity contribution in [1.82, 2.24) is 34.8 Å². The van der Waals surface area contributed by atoms with Crippen LogP contribution < -0.4 is 31.5 Å². The van der Waals surface area contributed by atoms with E-state index in [9.17, 15) is 28.8 Å². The number of nitrogens with zero attached hydrogens (tertiary/aromatic N) is 8. The SMILES string of the molecule is CNC(=O)C(CCC=O)N1C(=O)c2ccc(N3CC(N4CC(N5CCN(c6ccc7c(c6)CCn6nc(-c8ccc(C(=O)Nc9cccc(C)n9)c(C)c8F)c(C(N)=O)c6N7)CC5)C4)C3)cc2C1=O. The summed E-state index contributed by atoms with van der Waals surface area (Å²) < 4.78 is 17.8. The van der Waals surface area contributed by atoms with Crippen LogP contribution in [0, 0.1) is 19.7 Å². The minimum absolute atomic E-state index is 0.0546. The Hall–Kier alpha value is -7.51. The third kappa shape index (κ3) is 8.24. The van der Waals surface area contributed by atoms with Crippen molar-refractivity contribution < 1.29 is 33.2 Å². The maximum atomic E-state index is 16.1. The molecule has 0 radical (unpaired) electrons. The Kier molecular flexibility index (Phi) is 11.9. The van der Waals surface area contributed by atoms with E-state index in [1.807, 2.05) is 25.1 Å². The second-order valence-corrected chi connectivity index (χ2v) is 18.4. The first-order valence-electron chi connectivity index (χ1n) is 23.3. The van der Waals surface area contributed by atoms with Crippen LogP contribution in [-0.4, -0.2) is 143 Å². The summed E-state index contributed by atoms with van der Waals surface area (Å²) in [5.41, 5.74) is 11.6. The van der Waals surface area contributed by atoms with E-state index >= 15 is 4.39 Å². The molecule has 7 heterocycles. The van der Waals surface area contributed by atoms with Gasteiger partial charge in [0.05, 0.1) is 11.1 Å². The molecule has 0 spiro atoms. The molecule has 1 atom stereocenters. The third-order valence-electron chi connectivity index (χ3n) is 14.3. The summed E-state index contributed by atoms with van der Waals surface area (Å²) in [5.74, 6) is -2.71. The van der Waals surface area contributed by atoms with Crippen molar-refractivity contribution in [2.45, 2.75) is 57.8 Å². The van der Waals surface area contributed by atoms with E-state index in [2.05, 4.69) is 52.7 Å². The highest BCUT2D eigenvalue weighted by Gasteiger charge is 2.45. The number of piperazine rings is 1. The number of halogens is 1. The summed E-state index contributed by atoms with van der Waals surface area (Å²) in [6.45, 7) is 11.0. The topological polar surface area (TPSA) is 211 Å². The maximum absolute atomic E-state index is 16.1. The smallest absolute Gasteiger partial charge is 0.262 e. The number of carbonyl (C=O) groups is 6. The molecule has 5 N–H and O–H groups in total. The van der Waals surface area contributed by atoms with E-state index in [0.29, 0.717) is 43.0 Å². The predicted molar refractivity (Wildman–Crippen MR) is 256 cm³/mol. The van der Waals surface area contributed by atoms with E-state index in [0.717, 1.165) is 85.6 Å². The molecule has 5 aliphatic heterocycles. The summed E-state index contributed by atoms with van der Waals surface area (Å²) in [7, 11) is 1.44. The number of nitrogens with one attached hydrogen (secondary N) is 3. The van der Waals surface area contributed by atoms with E-state index in [-0.39, 0.29) is 51.9 Å². The summed E-state index contributed by atoms with van der Waals surface area (Å²) >= 11 is 0. The molecule has 0 saturated carbocycles. The molecule has 1 unspecified atom stereocenters. The Morgan fingerprint density at radius 2 is 1.57 bits per heavy atom. The fraction of sp³-hybridized carbons (Fsp3) is 0.360. The number of primary amides is 1. The zero-order chi connectivity index (χ0) is 48.2. The van der Waals surface area contributed by atoms with Crippen molar-refractivity contribution in [2.24, 2.45) is 5.73 Å². The number of aryl methyl sites for hydroxylation is 3. The molecule has 5 aromatic rings. The zero-order valence-corrected chi connectivity index (χ0v) is 38.6. The lowest BCUT2D eigenvalue weighted by Crippen LogP contribution is -2.71. The Balaban J connectivity index is 0.729. The fourth-order valence-electron chi connectivity index (χ4n) is 10.3. The first kappa shape index (κ1) is 45.3. The molecule has 69 heavy (non-hydrogen) atoms. The molecule has 0 aliphatic carbocycles. The molecule has 18 nitrogen and oxygen atoms in total. The van der Waals surface area contributed by atoms with Crippen LogP contribution in [0.4, 0.5) is 33.1 Å². The number of likely N-dealkylation sites (tertiary alicyclic amines) is 1. The van der Waals surface area contributed by atoms with Crippen LogP contribution in [0.25, 0.3) is 11.3 Å². The lowest BCUT2D eigenvalue weighted by molar-refractivity contribution is -0.124. The summed E-state index contributed by atoms with van der Waals surface area (Å²) in [4.78, 5) is 91.5. The molecule has 3 saturated heterocycles. The number of rotatable bonds is 13. The number of nitrogens with two attached hydrogens (primary N) is 1. The fourth-order valence-corrected chi connectivity index (χ4v) is 10.3. The Bertz CT molecular complexity index is 2940. The predicted octanol–water partition coefficient (Wildman–Crippen LogP) is 3.74. The molecule has 2 aromatic heterocycles. The zero-order valence-electron chi connectivity index (χ0n) is 38.6. The van der Waals surface area contributed by atoms with Gasteiger partial charge < -0.3 is 36.3 Å². The number of anilines is 5. The van der Waals surface area contributed by atoms with Gasteiger partial charge in [-0.05, 0) is 98.5 Å². The minimum atomic E-state index is -1.05. The van der Waals surface area contributed by atoms with Gasteiger partial charge in [-0.2, -0.15) is 5.10 Å². The number of pyridine rings is 1. The van der Waals surface area contributed by atoms with Crippen molar-refractivity contribution in [1.29, 1.82) is 0 Å². The number of benzene rings is 3. The molecular formula is C50H53FN12O6. The van der Waals surface area contributed by atoms with Crippen molar-refractivity contribution in [2.75, 3.05) is 79.8 Å². The summed E-state index contributed by atoms with van der Waals surface area (Å²) in [5, 5.41) is 13.3. The standard InChI is InChI=1S/C50H53FN12O6/c1-28-6-4-8-41(54-28)56-47(66)35-12-13-37(43(51)29(35)2)44-42(45(52)65)46-55-39-14-10-31(22-30(39)15-16-62(46)57-44)58-17-19-59(20-18-58)33-24-61(25-33)34-26-60(27-34)32-9-11-36-38(23-32)50(69)63(49(36)68)40(7-5-21-64)48(67)53-3/h4,6,8-14,21-23,33-34,40,55H,5,7,15-20,24-27H2,1-3H3,(H2,52,65)(H,53,67)(H,54,56,66). The average Bonchev–Trinajstić information content (AvgIpc) is 3.72. The van der Waals surface area contributed by atoms with Gasteiger partial charge in [-0.1, -0.05) is 6.07 Å². The van der Waals surface area contributed by atoms with Crippen LogP contribution >= 0.6 is 0 Å². The number of amides is 5. The second kappa shape index (κ2) is 18.2. The lowest BCUT2D eigenvalue weighted by Gasteiger charge is -2.55. The van der Waals surface area contributed by atoms with Crippen LogP contribution in [0.2, 0.25) is 0 Å². The molecule has 0 bridgehead atoms. The number of hydrogen-bond donors (Lipinski definition) is 4. The van der Waals surface area contributed by atoms with Crippen LogP contribution in [0.5, 0.6) is 0 Å². The number of fused-ring (bicyclic) bond motifs is 3. The van der Waals surface area contributed by atoms with Gasteiger partial charge in [0.1, 0.15) is 41.0 Å². The van der Waals surface area contributed by atoms with E-state index in [4.69, 9.17) is 10.8 Å². The van der Waals surface area contributed by atoms with E-state index in [1.165, 1.54) is 26.1 Å². The summed E-state index contributed by atoms with van der Waals surface area (Å²) in [6.07, 6.45) is 1.41. The van der Waals surface area contributed by atoms with Crippen molar-refractivity contribution in [3.05, 3.63) is 112 Å². The number of aldehydes is 1. The van der Waals surface area contributed by atoms with Crippen LogP contribution in [-0.2, 0) is 22.6 Å². The van der Waals surface area contributed by atoms with Gasteiger partial charge in [0.15, 0.2) is 0 Å². The molecule has 10 rings (SSSR count). The normalized spacial score (nSPS) is 17.8. The highest BCUT2D eigenvalue weighted by atomic mass is 19.1. The van der Waals surface area contributed by atoms with Gasteiger partial charge >= 0.3 is 0 Å². The third-order valence-corrected chi connectivity index (χ3v) is 14.3. The Morgan fingerprint density at radius 3 is 2.29 bits per heavy atom. The van der Waals surface area contributed by atoms with Crippen molar-refractivity contribution >= 4 is 64.5 Å². The van der Waals surface area contributed by atoms with Gasteiger partial charge in [0, 0.05) is 118 Å². The van der Waals surface area contributed by atoms with Gasteiger partial charge in [0.25, 0.3) is 23.6 Å². The highest BCUT2D eigenvalue weighted by Crippen LogP contribution is 2.38. The summed E-state index contributed by atoms with van der Waals surface area (Å²) in [6, 6.07) is 19.6. The molecular weight excluding hydrogens is 884 g/mol. The van der Waals surface area contributed by atoms with Crippen LogP contribution in [0.15, 0.2) is 66.7 Å². The first-order valence-corrected chi connectivity index (χ1v) is 23.3. The quantitative estimate of drug-likeness (QED) is 0.0981. The van der Waals surface area contributed by atoms with Crippen LogP contribution in [0.1, 0.15) is 71.1 Å². The van der Waals surface area contributed by atoms with Crippen molar-refractivity contribution in [3.8, 4) is 11.3 Å². The molecule has 3 fully saturated rings. The molecule has 5 aliphatic rings. The number of hydrogen-bond acceptors (Lipinski definition) is 13. The van der Waals surface area contributed by atoms with Gasteiger partial charge in [-0.3, -0.25) is 38.7 Å². The second-order valence-electron chi connectivity index (χ2n) is 18.4. The highest BCUT2D eigenvalue weighted by molar-refractivity contribution is 6.23. The molecule has 3 aromatic carbocycles. The van der Waals surface area contributed by atoms with Crippen LogP contribution in [0.3, 0.4) is 0 Å². The molecule has 356 valence electrons. The number of aromatic nitrogens is 3. The number of likely N-dealkylation sites (N-methyl/N-ethyl adjacent to an activating group) is 1. The minimum Gasteiger partial charge on any atom is -0.369 e. The lowest BCUT2D eigenvalue weighted by atomic mass is 9.97. The Morgan fingerprint density at radius 1 is 0.855 bits per heavy atom. The number of carbonyl (C=O) groups excluding carboxylic acids is 6. The van der Waals surface area contributed by atoms with E-state index in [1.54, 1.807) is 28.9 Å². The maximum Gasteiger partial charge on any atom is 0.262 e. The molecule has 5 amide bonds. The first-order chi connectivity index (χ1) is 33.3. The number of imide groups is 1.